The molecular formula is C22H18N4O3S3. The fourth-order valence-electron chi connectivity index (χ4n) is 3.58. The van der Waals surface area contributed by atoms with Gasteiger partial charge in [0.05, 0.1) is 11.8 Å². The van der Waals surface area contributed by atoms with Crippen molar-refractivity contribution in [3.05, 3.63) is 89.1 Å². The molecule has 10 heteroatoms. The Bertz CT molecular complexity index is 1120. The van der Waals surface area contributed by atoms with Crippen LogP contribution in [0.3, 0.4) is 0 Å². The summed E-state index contributed by atoms with van der Waals surface area (Å²) in [6.07, 6.45) is 1.32. The molecule has 3 heterocycles. The number of benzene rings is 2. The summed E-state index contributed by atoms with van der Waals surface area (Å²) in [5, 5.41) is 7.67. The number of nitrogens with two attached hydrogens (primary N) is 1. The Morgan fingerprint density at radius 2 is 1.81 bits per heavy atom. The Morgan fingerprint density at radius 3 is 2.38 bits per heavy atom. The van der Waals surface area contributed by atoms with Gasteiger partial charge < -0.3 is 10.5 Å². The lowest BCUT2D eigenvalue weighted by Gasteiger charge is -2.47. The summed E-state index contributed by atoms with van der Waals surface area (Å²) in [5.74, 6) is -0.710. The molecular weight excluding hydrogens is 464 g/mol. The predicted molar refractivity (Wildman–Crippen MR) is 124 cm³/mol. The van der Waals surface area contributed by atoms with Crippen LogP contribution in [0.4, 0.5) is 0 Å². The minimum atomic E-state index is -0.968. The first kappa shape index (κ1) is 21.2. The number of β-lactam (4-membered cyclic amide) rings is 1. The maximum Gasteiger partial charge on any atom is 0.355 e. The number of fused-ring (bicyclic) bond motifs is 1. The highest BCUT2D eigenvalue weighted by atomic mass is 32.2. The lowest BCUT2D eigenvalue weighted by atomic mass is 10.0. The Kier molecular flexibility index (Phi) is 5.76. The van der Waals surface area contributed by atoms with Crippen molar-refractivity contribution in [2.75, 3.05) is 0 Å². The highest BCUT2D eigenvalue weighted by Gasteiger charge is 2.50. The van der Waals surface area contributed by atoms with E-state index in [1.807, 2.05) is 60.7 Å². The fraction of sp³-hybridized carbons (Fsp3) is 0.182. The number of nitrogens with zero attached hydrogens (tertiary/aromatic N) is 3. The van der Waals surface area contributed by atoms with Gasteiger partial charge in [0.15, 0.2) is 10.4 Å². The number of ether oxygens (including phenoxy) is 1. The third kappa shape index (κ3) is 4.18. The minimum Gasteiger partial charge on any atom is -0.448 e. The number of esters is 1. The maximum absolute atomic E-state index is 13.4. The number of carbonyl (C=O) groups excluding carboxylic acids is 2. The molecule has 1 unspecified atom stereocenters. The number of amides is 1. The van der Waals surface area contributed by atoms with Gasteiger partial charge in [0, 0.05) is 0 Å². The number of hydrogen-bond acceptors (Lipinski definition) is 9. The molecule has 0 spiro atoms. The third-order valence-electron chi connectivity index (χ3n) is 5.05. The molecule has 0 aliphatic carbocycles. The molecule has 1 aromatic heterocycles. The minimum absolute atomic E-state index is 0.121. The lowest BCUT2D eigenvalue weighted by molar-refractivity contribution is -0.151. The van der Waals surface area contributed by atoms with E-state index in [-0.39, 0.29) is 17.0 Å². The molecule has 162 valence electrons. The molecule has 2 atom stereocenters. The zero-order valence-electron chi connectivity index (χ0n) is 16.7. The van der Waals surface area contributed by atoms with Crippen LogP contribution in [-0.4, -0.2) is 36.6 Å². The maximum atomic E-state index is 13.4. The topological polar surface area (TPSA) is 98.4 Å². The van der Waals surface area contributed by atoms with Gasteiger partial charge in [-0.15, -0.1) is 10.2 Å². The van der Waals surface area contributed by atoms with E-state index in [0.29, 0.717) is 10.8 Å². The van der Waals surface area contributed by atoms with Crippen LogP contribution in [0.1, 0.15) is 23.7 Å². The van der Waals surface area contributed by atoms with Crippen molar-refractivity contribution in [2.45, 2.75) is 26.4 Å². The molecule has 1 fully saturated rings. The largest absolute Gasteiger partial charge is 0.448 e. The van der Waals surface area contributed by atoms with E-state index in [4.69, 9.17) is 10.5 Å². The van der Waals surface area contributed by atoms with E-state index in [9.17, 15) is 9.59 Å². The summed E-state index contributed by atoms with van der Waals surface area (Å²) < 4.78 is 5.71. The van der Waals surface area contributed by atoms with Crippen molar-refractivity contribution >= 4 is 46.7 Å². The number of thioether (sulfide) groups is 2. The molecule has 2 aliphatic heterocycles. The smallest absolute Gasteiger partial charge is 0.355 e. The summed E-state index contributed by atoms with van der Waals surface area (Å²) >= 11 is 4.10. The number of aromatic nitrogens is 2. The van der Waals surface area contributed by atoms with Crippen LogP contribution in [0, 0.1) is 0 Å². The highest BCUT2D eigenvalue weighted by molar-refractivity contribution is 8.19. The van der Waals surface area contributed by atoms with Crippen LogP contribution in [0.15, 0.2) is 82.3 Å². The quantitative estimate of drug-likeness (QED) is 0.322. The fourth-order valence-corrected chi connectivity index (χ4v) is 7.22. The van der Waals surface area contributed by atoms with Gasteiger partial charge in [0.2, 0.25) is 5.91 Å². The van der Waals surface area contributed by atoms with E-state index >= 15 is 0 Å². The van der Waals surface area contributed by atoms with E-state index in [1.54, 1.807) is 11.6 Å². The SMILES string of the molecule is NC1(Sc2nncs2)C=C(C(=O)OC(c2ccccc2)c2ccccc2)N2C(=O)C[C@H]2S1. The van der Waals surface area contributed by atoms with Gasteiger partial charge >= 0.3 is 5.97 Å². The third-order valence-corrected chi connectivity index (χ3v) is 8.44. The zero-order valence-corrected chi connectivity index (χ0v) is 19.1. The Morgan fingerprint density at radius 1 is 1.16 bits per heavy atom. The molecule has 7 nitrogen and oxygen atoms in total. The summed E-state index contributed by atoms with van der Waals surface area (Å²) in [6, 6.07) is 19.0. The van der Waals surface area contributed by atoms with Crippen LogP contribution in [0.2, 0.25) is 0 Å². The van der Waals surface area contributed by atoms with E-state index in [2.05, 4.69) is 10.2 Å². The summed E-state index contributed by atoms with van der Waals surface area (Å²) in [7, 11) is 0. The molecule has 1 amide bonds. The molecule has 5 rings (SSSR count). The van der Waals surface area contributed by atoms with Gasteiger partial charge in [-0.05, 0) is 17.2 Å². The Hall–Kier alpha value is -2.66. The van der Waals surface area contributed by atoms with E-state index in [1.165, 1.54) is 39.8 Å². The van der Waals surface area contributed by atoms with Gasteiger partial charge in [0.25, 0.3) is 0 Å². The van der Waals surface area contributed by atoms with E-state index in [0.717, 1.165) is 11.1 Å². The second-order valence-electron chi connectivity index (χ2n) is 7.20. The second kappa shape index (κ2) is 8.70. The summed E-state index contributed by atoms with van der Waals surface area (Å²) in [4.78, 5) is 27.2. The highest BCUT2D eigenvalue weighted by Crippen LogP contribution is 2.51. The van der Waals surface area contributed by atoms with Crippen LogP contribution in [-0.2, 0) is 14.3 Å². The van der Waals surface area contributed by atoms with Crippen LogP contribution in [0.5, 0.6) is 0 Å². The Labute approximate surface area is 197 Å². The van der Waals surface area contributed by atoms with Crippen molar-refractivity contribution in [1.82, 2.24) is 15.1 Å². The van der Waals surface area contributed by atoms with Crippen molar-refractivity contribution in [2.24, 2.45) is 5.73 Å². The molecule has 32 heavy (non-hydrogen) atoms. The molecule has 0 saturated carbocycles. The van der Waals surface area contributed by atoms with Crippen molar-refractivity contribution in [3.8, 4) is 0 Å². The molecule has 0 bridgehead atoms. The number of rotatable bonds is 6. The average molecular weight is 483 g/mol. The summed E-state index contributed by atoms with van der Waals surface area (Å²) in [5.41, 5.74) is 10.1. The van der Waals surface area contributed by atoms with Crippen LogP contribution >= 0.6 is 34.9 Å². The predicted octanol–water partition coefficient (Wildman–Crippen LogP) is 3.76. The molecule has 0 radical (unpaired) electrons. The Balaban J connectivity index is 1.47. The van der Waals surface area contributed by atoms with Crippen LogP contribution in [0.25, 0.3) is 0 Å². The van der Waals surface area contributed by atoms with Crippen molar-refractivity contribution in [3.63, 3.8) is 0 Å². The molecule has 2 aromatic carbocycles. The first-order chi connectivity index (χ1) is 15.5. The van der Waals surface area contributed by atoms with Gasteiger partial charge in [-0.25, -0.2) is 4.79 Å². The average Bonchev–Trinajstić information content (AvgIpc) is 3.30. The first-order valence-corrected chi connectivity index (χ1v) is 12.4. The van der Waals surface area contributed by atoms with E-state index < -0.39 is 16.3 Å². The van der Waals surface area contributed by atoms with Gasteiger partial charge in [-0.2, -0.15) is 0 Å². The van der Waals surface area contributed by atoms with Crippen molar-refractivity contribution in [1.29, 1.82) is 0 Å². The van der Waals surface area contributed by atoms with Crippen LogP contribution < -0.4 is 5.73 Å². The first-order valence-electron chi connectivity index (χ1n) is 9.80. The monoisotopic (exact) mass is 482 g/mol. The number of hydrogen-bond donors (Lipinski definition) is 1. The molecule has 3 aromatic rings. The molecule has 2 aliphatic rings. The standard InChI is InChI=1S/C22H18N4O3S3/c23-22(32-21-25-24-13-30-21)12-16(26-17(27)11-18(26)31-22)20(28)29-19(14-7-3-1-4-8-14)15-9-5-2-6-10-15/h1-10,12-13,18-19H,11,23H2/t18-,22?/m1/s1. The lowest BCUT2D eigenvalue weighted by Crippen LogP contribution is -2.57. The van der Waals surface area contributed by atoms with Gasteiger partial charge in [-0.3, -0.25) is 9.69 Å². The normalized spacial score (nSPS) is 22.2. The van der Waals surface area contributed by atoms with Crippen molar-refractivity contribution < 1.29 is 14.3 Å². The zero-order chi connectivity index (χ0) is 22.1. The second-order valence-corrected chi connectivity index (χ2v) is 11.3. The van der Waals surface area contributed by atoms with Gasteiger partial charge in [0.1, 0.15) is 15.4 Å². The van der Waals surface area contributed by atoms with Gasteiger partial charge in [-0.1, -0.05) is 95.5 Å². The number of carbonyl (C=O) groups is 2. The summed E-state index contributed by atoms with van der Waals surface area (Å²) in [6.45, 7) is 0. The molecule has 1 saturated heterocycles. The molecule has 2 N–H and O–H groups in total.